The molecule has 0 radical (unpaired) electrons. The summed E-state index contributed by atoms with van der Waals surface area (Å²) in [5.41, 5.74) is 3.58. The van der Waals surface area contributed by atoms with Gasteiger partial charge in [0.05, 0.1) is 0 Å². The molecule has 0 unspecified atom stereocenters. The van der Waals surface area contributed by atoms with Crippen LogP contribution in [0.2, 0.25) is 0 Å². The average Bonchev–Trinajstić information content (AvgIpc) is 2.68. The molecule has 1 heterocycles. The normalized spacial score (nSPS) is 10.4. The lowest BCUT2D eigenvalue weighted by molar-refractivity contribution is 0.0946. The molecule has 2 aromatic carbocycles. The van der Waals surface area contributed by atoms with Crippen molar-refractivity contribution in [3.05, 3.63) is 83.7 Å². The molecule has 1 amide bonds. The van der Waals surface area contributed by atoms with Gasteiger partial charge in [-0.3, -0.25) is 4.79 Å². The van der Waals surface area contributed by atoms with E-state index in [-0.39, 0.29) is 5.91 Å². The first kappa shape index (κ1) is 17.6. The van der Waals surface area contributed by atoms with Gasteiger partial charge >= 0.3 is 0 Å². The summed E-state index contributed by atoms with van der Waals surface area (Å²) in [5, 5.41) is 2.92. The minimum atomic E-state index is -0.209. The zero-order valence-electron chi connectivity index (χ0n) is 15.0. The van der Waals surface area contributed by atoms with Gasteiger partial charge in [0.2, 0.25) is 5.95 Å². The van der Waals surface area contributed by atoms with Gasteiger partial charge in [-0.25, -0.2) is 9.97 Å². The van der Waals surface area contributed by atoms with Gasteiger partial charge in [0.1, 0.15) is 5.69 Å². The largest absolute Gasteiger partial charge is 0.347 e. The first-order valence-corrected chi connectivity index (χ1v) is 8.66. The van der Waals surface area contributed by atoms with Crippen molar-refractivity contribution in [2.75, 3.05) is 11.4 Å². The molecule has 5 nitrogen and oxygen atoms in total. The molecule has 0 spiro atoms. The summed E-state index contributed by atoms with van der Waals surface area (Å²) in [7, 11) is 0. The zero-order valence-corrected chi connectivity index (χ0v) is 15.0. The minimum Gasteiger partial charge on any atom is -0.347 e. The zero-order chi connectivity index (χ0) is 18.4. The summed E-state index contributed by atoms with van der Waals surface area (Å²) >= 11 is 0. The number of rotatable bonds is 6. The molecule has 1 N–H and O–H groups in total. The summed E-state index contributed by atoms with van der Waals surface area (Å²) in [6, 6.07) is 19.6. The van der Waals surface area contributed by atoms with E-state index in [2.05, 4.69) is 21.4 Å². The third kappa shape index (κ3) is 4.25. The van der Waals surface area contributed by atoms with E-state index in [1.165, 1.54) is 5.56 Å². The molecule has 3 aromatic rings. The van der Waals surface area contributed by atoms with Crippen molar-refractivity contribution >= 4 is 17.5 Å². The topological polar surface area (TPSA) is 58.1 Å². The number of nitrogens with one attached hydrogen (secondary N) is 1. The number of para-hydroxylation sites is 1. The van der Waals surface area contributed by atoms with Gasteiger partial charge in [0, 0.05) is 25.0 Å². The van der Waals surface area contributed by atoms with Gasteiger partial charge in [-0.2, -0.15) is 0 Å². The van der Waals surface area contributed by atoms with Crippen LogP contribution in [0.1, 0.15) is 28.5 Å². The first-order valence-electron chi connectivity index (χ1n) is 8.66. The molecule has 3 rings (SSSR count). The number of aromatic nitrogens is 2. The molecule has 0 aliphatic heterocycles. The maximum absolute atomic E-state index is 12.5. The number of aryl methyl sites for hydroxylation is 1. The Morgan fingerprint density at radius 2 is 1.88 bits per heavy atom. The fraction of sp³-hybridized carbons (Fsp3) is 0.190. The second kappa shape index (κ2) is 8.25. The third-order valence-electron chi connectivity index (χ3n) is 4.04. The molecule has 0 aliphatic rings. The van der Waals surface area contributed by atoms with Crippen molar-refractivity contribution in [3.63, 3.8) is 0 Å². The number of carbonyl (C=O) groups is 1. The minimum absolute atomic E-state index is 0.209. The van der Waals surface area contributed by atoms with E-state index in [0.717, 1.165) is 11.3 Å². The summed E-state index contributed by atoms with van der Waals surface area (Å²) in [5.74, 6) is 0.307. The molecule has 0 bridgehead atoms. The molecule has 1 aromatic heterocycles. The fourth-order valence-corrected chi connectivity index (χ4v) is 2.75. The number of benzene rings is 2. The van der Waals surface area contributed by atoms with Crippen LogP contribution in [0.3, 0.4) is 0 Å². The van der Waals surface area contributed by atoms with E-state index < -0.39 is 0 Å². The second-order valence-electron chi connectivity index (χ2n) is 5.99. The van der Waals surface area contributed by atoms with Crippen LogP contribution < -0.4 is 10.2 Å². The van der Waals surface area contributed by atoms with Crippen molar-refractivity contribution in [1.82, 2.24) is 15.3 Å². The highest BCUT2D eigenvalue weighted by Crippen LogP contribution is 2.21. The number of hydrogen-bond acceptors (Lipinski definition) is 4. The number of anilines is 2. The van der Waals surface area contributed by atoms with Gasteiger partial charge in [-0.05, 0) is 37.6 Å². The highest BCUT2D eigenvalue weighted by molar-refractivity contribution is 5.92. The van der Waals surface area contributed by atoms with Crippen LogP contribution in [0.5, 0.6) is 0 Å². The molecule has 0 fully saturated rings. The van der Waals surface area contributed by atoms with E-state index in [0.29, 0.717) is 24.7 Å². The van der Waals surface area contributed by atoms with E-state index in [1.807, 2.05) is 67.3 Å². The quantitative estimate of drug-likeness (QED) is 0.736. The molecule has 132 valence electrons. The molecular formula is C21H22N4O. The van der Waals surface area contributed by atoms with Crippen LogP contribution in [0.4, 0.5) is 11.6 Å². The van der Waals surface area contributed by atoms with Gasteiger partial charge in [-0.15, -0.1) is 0 Å². The Morgan fingerprint density at radius 3 is 2.62 bits per heavy atom. The molecular weight excluding hydrogens is 324 g/mol. The SMILES string of the molecule is CCN(c1ccccc1)c1nccc(C(=O)NCc2cccc(C)c2)n1. The smallest absolute Gasteiger partial charge is 0.270 e. The van der Waals surface area contributed by atoms with E-state index in [1.54, 1.807) is 12.3 Å². The van der Waals surface area contributed by atoms with E-state index in [4.69, 9.17) is 0 Å². The Bertz CT molecular complexity index is 880. The van der Waals surface area contributed by atoms with Crippen molar-refractivity contribution in [1.29, 1.82) is 0 Å². The number of nitrogens with zero attached hydrogens (tertiary/aromatic N) is 3. The number of carbonyl (C=O) groups excluding carboxylic acids is 1. The number of amides is 1. The molecule has 0 saturated heterocycles. The lowest BCUT2D eigenvalue weighted by atomic mass is 10.1. The summed E-state index contributed by atoms with van der Waals surface area (Å²) < 4.78 is 0. The van der Waals surface area contributed by atoms with Gasteiger partial charge in [0.25, 0.3) is 5.91 Å². The highest BCUT2D eigenvalue weighted by atomic mass is 16.1. The standard InChI is InChI=1S/C21H22N4O/c1-3-25(18-10-5-4-6-11-18)21-22-13-12-19(24-21)20(26)23-15-17-9-7-8-16(2)14-17/h4-14H,3,15H2,1-2H3,(H,23,26). The first-order chi connectivity index (χ1) is 12.7. The summed E-state index contributed by atoms with van der Waals surface area (Å²) in [6.45, 7) is 5.24. The highest BCUT2D eigenvalue weighted by Gasteiger charge is 2.13. The Hall–Kier alpha value is -3.21. The van der Waals surface area contributed by atoms with Gasteiger partial charge < -0.3 is 10.2 Å². The third-order valence-corrected chi connectivity index (χ3v) is 4.04. The van der Waals surface area contributed by atoms with Crippen LogP contribution in [0.15, 0.2) is 66.9 Å². The number of hydrogen-bond donors (Lipinski definition) is 1. The Kier molecular flexibility index (Phi) is 5.59. The van der Waals surface area contributed by atoms with Crippen molar-refractivity contribution in [2.24, 2.45) is 0 Å². The predicted molar refractivity (Wildman–Crippen MR) is 104 cm³/mol. The van der Waals surface area contributed by atoms with E-state index >= 15 is 0 Å². The molecule has 5 heteroatoms. The lowest BCUT2D eigenvalue weighted by Crippen LogP contribution is -2.25. The van der Waals surface area contributed by atoms with Crippen LogP contribution in [-0.4, -0.2) is 22.4 Å². The molecule has 0 saturated carbocycles. The van der Waals surface area contributed by atoms with Crippen molar-refractivity contribution in [3.8, 4) is 0 Å². The summed E-state index contributed by atoms with van der Waals surface area (Å²) in [4.78, 5) is 23.2. The fourth-order valence-electron chi connectivity index (χ4n) is 2.75. The van der Waals surface area contributed by atoms with Crippen molar-refractivity contribution in [2.45, 2.75) is 20.4 Å². The maximum atomic E-state index is 12.5. The average molecular weight is 346 g/mol. The second-order valence-corrected chi connectivity index (χ2v) is 5.99. The summed E-state index contributed by atoms with van der Waals surface area (Å²) in [6.07, 6.45) is 1.62. The van der Waals surface area contributed by atoms with Gasteiger partial charge in [0.15, 0.2) is 0 Å². The molecule has 26 heavy (non-hydrogen) atoms. The van der Waals surface area contributed by atoms with Crippen molar-refractivity contribution < 1.29 is 4.79 Å². The Morgan fingerprint density at radius 1 is 1.08 bits per heavy atom. The Balaban J connectivity index is 1.74. The lowest BCUT2D eigenvalue weighted by Gasteiger charge is -2.21. The van der Waals surface area contributed by atoms with Crippen LogP contribution in [-0.2, 0) is 6.54 Å². The van der Waals surface area contributed by atoms with Crippen LogP contribution >= 0.6 is 0 Å². The Labute approximate surface area is 153 Å². The molecule has 0 aliphatic carbocycles. The van der Waals surface area contributed by atoms with Gasteiger partial charge in [-0.1, -0.05) is 48.0 Å². The van der Waals surface area contributed by atoms with Crippen LogP contribution in [0.25, 0.3) is 0 Å². The maximum Gasteiger partial charge on any atom is 0.270 e. The predicted octanol–water partition coefficient (Wildman–Crippen LogP) is 3.87. The monoisotopic (exact) mass is 346 g/mol. The van der Waals surface area contributed by atoms with Crippen LogP contribution in [0, 0.1) is 6.92 Å². The molecule has 0 atom stereocenters. The van der Waals surface area contributed by atoms with E-state index in [9.17, 15) is 4.79 Å².